The van der Waals surface area contributed by atoms with Gasteiger partial charge in [-0.3, -0.25) is 9.78 Å². The van der Waals surface area contributed by atoms with E-state index in [-0.39, 0.29) is 5.91 Å². The summed E-state index contributed by atoms with van der Waals surface area (Å²) >= 11 is 6.35. The lowest BCUT2D eigenvalue weighted by Crippen LogP contribution is -2.15. The molecule has 1 heterocycles. The maximum Gasteiger partial charge on any atom is 0.257 e. The zero-order valence-electron chi connectivity index (χ0n) is 17.5. The fourth-order valence-electron chi connectivity index (χ4n) is 3.33. The van der Waals surface area contributed by atoms with Crippen molar-refractivity contribution in [1.29, 1.82) is 0 Å². The molecule has 2 N–H and O–H groups in total. The predicted octanol–water partition coefficient (Wildman–Crippen LogP) is 6.28. The largest absolute Gasteiger partial charge is 0.497 e. The lowest BCUT2D eigenvalue weighted by Gasteiger charge is -2.15. The third kappa shape index (κ3) is 5.07. The molecule has 32 heavy (non-hydrogen) atoms. The molecule has 0 saturated heterocycles. The molecular weight excluding hydrogens is 422 g/mol. The van der Waals surface area contributed by atoms with E-state index in [1.54, 1.807) is 37.6 Å². The highest BCUT2D eigenvalue weighted by Gasteiger charge is 2.15. The first-order valence-electron chi connectivity index (χ1n) is 10.1. The topological polar surface area (TPSA) is 63.2 Å². The Bertz CT molecular complexity index is 1230. The van der Waals surface area contributed by atoms with E-state index < -0.39 is 0 Å². The van der Waals surface area contributed by atoms with Gasteiger partial charge >= 0.3 is 0 Å². The van der Waals surface area contributed by atoms with E-state index >= 15 is 0 Å². The summed E-state index contributed by atoms with van der Waals surface area (Å²) in [5.74, 6) is 0.442. The van der Waals surface area contributed by atoms with Gasteiger partial charge in [0.1, 0.15) is 5.75 Å². The standard InChI is InChI=1S/C26H22ClN3O2/c1-32-21-10-5-9-20(16-21)30-26(31)22-13-12-19(25-23(27)11-6-14-28-25)15-24(22)29-17-18-7-3-2-4-8-18/h2-16,29H,17H2,1H3,(H,30,31). The smallest absolute Gasteiger partial charge is 0.257 e. The SMILES string of the molecule is COc1cccc(NC(=O)c2ccc(-c3ncccc3Cl)cc2NCc2ccccc2)c1. The Balaban J connectivity index is 1.66. The summed E-state index contributed by atoms with van der Waals surface area (Å²) in [6.07, 6.45) is 1.70. The summed E-state index contributed by atoms with van der Waals surface area (Å²) in [7, 11) is 1.59. The molecule has 4 rings (SSSR count). The van der Waals surface area contributed by atoms with Crippen LogP contribution in [0, 0.1) is 0 Å². The molecule has 5 nitrogen and oxygen atoms in total. The van der Waals surface area contributed by atoms with Gasteiger partial charge in [-0.05, 0) is 42.0 Å². The number of carbonyl (C=O) groups excluding carboxylic acids is 1. The molecule has 4 aromatic rings. The highest BCUT2D eigenvalue weighted by molar-refractivity contribution is 6.33. The van der Waals surface area contributed by atoms with E-state index in [1.165, 1.54) is 0 Å². The minimum atomic E-state index is -0.229. The van der Waals surface area contributed by atoms with Crippen LogP contribution in [0.5, 0.6) is 5.75 Å². The van der Waals surface area contributed by atoms with Crippen LogP contribution in [0.4, 0.5) is 11.4 Å². The van der Waals surface area contributed by atoms with Crippen molar-refractivity contribution in [2.75, 3.05) is 17.7 Å². The summed E-state index contributed by atoms with van der Waals surface area (Å²) in [5, 5.41) is 6.88. The lowest BCUT2D eigenvalue weighted by molar-refractivity contribution is 0.102. The first kappa shape index (κ1) is 21.4. The number of amides is 1. The number of rotatable bonds is 7. The van der Waals surface area contributed by atoms with Crippen molar-refractivity contribution in [3.8, 4) is 17.0 Å². The number of aromatic nitrogens is 1. The second-order valence-electron chi connectivity index (χ2n) is 7.12. The Hall–Kier alpha value is -3.83. The van der Waals surface area contributed by atoms with E-state index in [4.69, 9.17) is 16.3 Å². The number of hydrogen-bond donors (Lipinski definition) is 2. The molecule has 0 aliphatic heterocycles. The predicted molar refractivity (Wildman–Crippen MR) is 129 cm³/mol. The van der Waals surface area contributed by atoms with Gasteiger partial charge in [0.25, 0.3) is 5.91 Å². The van der Waals surface area contributed by atoms with Crippen molar-refractivity contribution in [3.05, 3.63) is 107 Å². The maximum atomic E-state index is 13.1. The van der Waals surface area contributed by atoms with Crippen LogP contribution < -0.4 is 15.4 Å². The van der Waals surface area contributed by atoms with Crippen molar-refractivity contribution >= 4 is 28.9 Å². The average Bonchev–Trinajstić information content (AvgIpc) is 2.83. The number of nitrogens with zero attached hydrogens (tertiary/aromatic N) is 1. The molecule has 0 atom stereocenters. The van der Waals surface area contributed by atoms with Gasteiger partial charge in [-0.2, -0.15) is 0 Å². The van der Waals surface area contributed by atoms with Gasteiger partial charge in [0.2, 0.25) is 0 Å². The van der Waals surface area contributed by atoms with Crippen molar-refractivity contribution in [3.63, 3.8) is 0 Å². The third-order valence-electron chi connectivity index (χ3n) is 4.95. The molecule has 0 spiro atoms. The Morgan fingerprint density at radius 2 is 1.81 bits per heavy atom. The molecule has 0 saturated carbocycles. The lowest BCUT2D eigenvalue weighted by atomic mass is 10.0. The van der Waals surface area contributed by atoms with Crippen LogP contribution in [0.3, 0.4) is 0 Å². The Morgan fingerprint density at radius 1 is 0.969 bits per heavy atom. The summed E-state index contributed by atoms with van der Waals surface area (Å²) in [4.78, 5) is 17.5. The third-order valence-corrected chi connectivity index (χ3v) is 5.25. The number of benzene rings is 3. The van der Waals surface area contributed by atoms with Gasteiger partial charge in [0.05, 0.1) is 23.4 Å². The zero-order chi connectivity index (χ0) is 22.3. The molecule has 3 aromatic carbocycles. The van der Waals surface area contributed by atoms with E-state index in [0.717, 1.165) is 11.1 Å². The zero-order valence-corrected chi connectivity index (χ0v) is 18.3. The van der Waals surface area contributed by atoms with Crippen LogP contribution in [0.15, 0.2) is 91.1 Å². The van der Waals surface area contributed by atoms with Gasteiger partial charge in [0, 0.05) is 35.7 Å². The fourth-order valence-corrected chi connectivity index (χ4v) is 3.56. The number of pyridine rings is 1. The first-order valence-corrected chi connectivity index (χ1v) is 10.5. The molecule has 0 aliphatic rings. The molecular formula is C26H22ClN3O2. The molecule has 0 bridgehead atoms. The number of carbonyl (C=O) groups is 1. The molecule has 160 valence electrons. The molecule has 0 aliphatic carbocycles. The second-order valence-corrected chi connectivity index (χ2v) is 7.53. The van der Waals surface area contributed by atoms with E-state index in [9.17, 15) is 4.79 Å². The summed E-state index contributed by atoms with van der Waals surface area (Å²) in [6, 6.07) is 26.4. The van der Waals surface area contributed by atoms with Crippen LogP contribution >= 0.6 is 11.6 Å². The van der Waals surface area contributed by atoms with Crippen molar-refractivity contribution in [1.82, 2.24) is 4.98 Å². The Morgan fingerprint density at radius 3 is 2.59 bits per heavy atom. The van der Waals surface area contributed by atoms with Crippen molar-refractivity contribution in [2.24, 2.45) is 0 Å². The van der Waals surface area contributed by atoms with E-state index in [2.05, 4.69) is 15.6 Å². The molecule has 0 radical (unpaired) electrons. The molecule has 1 aromatic heterocycles. The van der Waals surface area contributed by atoms with Crippen LogP contribution in [-0.2, 0) is 6.54 Å². The van der Waals surface area contributed by atoms with Crippen LogP contribution in [-0.4, -0.2) is 18.0 Å². The number of methoxy groups -OCH3 is 1. The highest BCUT2D eigenvalue weighted by Crippen LogP contribution is 2.30. The van der Waals surface area contributed by atoms with Crippen molar-refractivity contribution < 1.29 is 9.53 Å². The Kier molecular flexibility index (Phi) is 6.68. The maximum absolute atomic E-state index is 13.1. The van der Waals surface area contributed by atoms with E-state index in [0.29, 0.717) is 39.9 Å². The summed E-state index contributed by atoms with van der Waals surface area (Å²) in [6.45, 7) is 0.569. The van der Waals surface area contributed by atoms with Crippen LogP contribution in [0.1, 0.15) is 15.9 Å². The van der Waals surface area contributed by atoms with Gasteiger partial charge in [-0.1, -0.05) is 54.1 Å². The normalized spacial score (nSPS) is 10.4. The molecule has 0 unspecified atom stereocenters. The second kappa shape index (κ2) is 9.98. The number of anilines is 2. The van der Waals surface area contributed by atoms with Gasteiger partial charge in [0.15, 0.2) is 0 Å². The van der Waals surface area contributed by atoms with Gasteiger partial charge < -0.3 is 15.4 Å². The van der Waals surface area contributed by atoms with Crippen molar-refractivity contribution in [2.45, 2.75) is 6.54 Å². The number of nitrogens with one attached hydrogen (secondary N) is 2. The summed E-state index contributed by atoms with van der Waals surface area (Å²) in [5.41, 5.74) is 4.45. The number of hydrogen-bond acceptors (Lipinski definition) is 4. The minimum absolute atomic E-state index is 0.229. The van der Waals surface area contributed by atoms with Crippen LogP contribution in [0.2, 0.25) is 5.02 Å². The molecule has 6 heteroatoms. The fraction of sp³-hybridized carbons (Fsp3) is 0.0769. The quantitative estimate of drug-likeness (QED) is 0.353. The van der Waals surface area contributed by atoms with Gasteiger partial charge in [-0.15, -0.1) is 0 Å². The molecule has 0 fully saturated rings. The summed E-state index contributed by atoms with van der Waals surface area (Å²) < 4.78 is 5.25. The Labute approximate surface area is 192 Å². The van der Waals surface area contributed by atoms with Gasteiger partial charge in [-0.25, -0.2) is 0 Å². The number of halogens is 1. The minimum Gasteiger partial charge on any atom is -0.497 e. The van der Waals surface area contributed by atoms with Crippen LogP contribution in [0.25, 0.3) is 11.3 Å². The molecule has 1 amide bonds. The average molecular weight is 444 g/mol. The highest BCUT2D eigenvalue weighted by atomic mass is 35.5. The number of ether oxygens (including phenoxy) is 1. The monoisotopic (exact) mass is 443 g/mol. The van der Waals surface area contributed by atoms with E-state index in [1.807, 2.05) is 60.7 Å². The first-order chi connectivity index (χ1) is 15.6.